The second-order valence-electron chi connectivity index (χ2n) is 2.35. The average Bonchev–Trinajstić information content (AvgIpc) is 2.05. The van der Waals surface area contributed by atoms with E-state index in [0.29, 0.717) is 17.2 Å². The lowest BCUT2D eigenvalue weighted by atomic mass is 10.2. The number of rotatable bonds is 3. The normalized spacial score (nSPS) is 9.83. The fourth-order valence-electron chi connectivity index (χ4n) is 0.948. The Labute approximate surface area is 75.7 Å². The van der Waals surface area contributed by atoms with E-state index in [1.807, 2.05) is 6.07 Å². The van der Waals surface area contributed by atoms with E-state index in [1.54, 1.807) is 19.2 Å². The standard InChI is InChI=1S/C8H11NO2S/c1-11-8-3-2-6(5-12-10)4-7(8)9/h2-4,10H,5,9H2,1H3. The number of nitrogens with two attached hydrogens (primary N) is 1. The molecule has 0 heterocycles. The highest BCUT2D eigenvalue weighted by atomic mass is 32.2. The van der Waals surface area contributed by atoms with E-state index in [-0.39, 0.29) is 0 Å². The van der Waals surface area contributed by atoms with E-state index in [4.69, 9.17) is 15.0 Å². The summed E-state index contributed by atoms with van der Waals surface area (Å²) in [5.74, 6) is 1.22. The molecule has 0 unspecified atom stereocenters. The van der Waals surface area contributed by atoms with Crippen LogP contribution in [-0.4, -0.2) is 11.7 Å². The number of anilines is 1. The van der Waals surface area contributed by atoms with Gasteiger partial charge in [-0.15, -0.1) is 0 Å². The number of methoxy groups -OCH3 is 1. The minimum Gasteiger partial charge on any atom is -0.495 e. The number of ether oxygens (including phenoxy) is 1. The molecule has 3 nitrogen and oxygen atoms in total. The molecule has 0 aromatic heterocycles. The molecule has 0 spiro atoms. The van der Waals surface area contributed by atoms with Crippen LogP contribution in [0.5, 0.6) is 5.75 Å². The van der Waals surface area contributed by atoms with Crippen molar-refractivity contribution in [3.05, 3.63) is 23.8 Å². The minimum atomic E-state index is 0.550. The fraction of sp³-hybridized carbons (Fsp3) is 0.250. The Morgan fingerprint density at radius 3 is 2.83 bits per heavy atom. The van der Waals surface area contributed by atoms with E-state index >= 15 is 0 Å². The van der Waals surface area contributed by atoms with Gasteiger partial charge in [0.1, 0.15) is 5.75 Å². The lowest BCUT2D eigenvalue weighted by molar-refractivity contribution is 0.417. The fourth-order valence-corrected chi connectivity index (χ4v) is 1.28. The number of hydrogen-bond acceptors (Lipinski definition) is 4. The SMILES string of the molecule is COc1ccc(CSO)cc1N. The van der Waals surface area contributed by atoms with Crippen LogP contribution < -0.4 is 10.5 Å². The highest BCUT2D eigenvalue weighted by molar-refractivity contribution is 7.92. The van der Waals surface area contributed by atoms with E-state index in [0.717, 1.165) is 17.6 Å². The Morgan fingerprint density at radius 1 is 1.58 bits per heavy atom. The largest absolute Gasteiger partial charge is 0.495 e. The summed E-state index contributed by atoms with van der Waals surface area (Å²) in [5.41, 5.74) is 7.23. The van der Waals surface area contributed by atoms with E-state index in [1.165, 1.54) is 0 Å². The van der Waals surface area contributed by atoms with Crippen molar-refractivity contribution in [1.82, 2.24) is 0 Å². The second kappa shape index (κ2) is 4.23. The molecule has 3 N–H and O–H groups in total. The smallest absolute Gasteiger partial charge is 0.141 e. The van der Waals surface area contributed by atoms with Gasteiger partial charge < -0.3 is 15.0 Å². The molecule has 1 aromatic rings. The van der Waals surface area contributed by atoms with Gasteiger partial charge in [0.25, 0.3) is 0 Å². The first-order valence-corrected chi connectivity index (χ1v) is 4.41. The zero-order valence-electron chi connectivity index (χ0n) is 6.78. The van der Waals surface area contributed by atoms with Crippen molar-refractivity contribution < 1.29 is 9.29 Å². The summed E-state index contributed by atoms with van der Waals surface area (Å²) in [6.45, 7) is 0. The Hall–Kier alpha value is -0.870. The molecule has 0 bridgehead atoms. The van der Waals surface area contributed by atoms with Crippen molar-refractivity contribution in [3.63, 3.8) is 0 Å². The van der Waals surface area contributed by atoms with Gasteiger partial charge in [0.05, 0.1) is 12.8 Å². The Bertz CT molecular complexity index is 265. The summed E-state index contributed by atoms with van der Waals surface area (Å²) < 4.78 is 13.6. The van der Waals surface area contributed by atoms with Crippen LogP contribution in [0.3, 0.4) is 0 Å². The van der Waals surface area contributed by atoms with Crippen LogP contribution in [0.15, 0.2) is 18.2 Å². The van der Waals surface area contributed by atoms with Gasteiger partial charge in [-0.05, 0) is 29.7 Å². The van der Waals surface area contributed by atoms with E-state index in [2.05, 4.69) is 0 Å². The van der Waals surface area contributed by atoms with Crippen molar-refractivity contribution in [2.45, 2.75) is 5.75 Å². The van der Waals surface area contributed by atoms with Crippen molar-refractivity contribution >= 4 is 17.7 Å². The molecule has 0 aliphatic rings. The molecule has 0 radical (unpaired) electrons. The molecule has 0 amide bonds. The highest BCUT2D eigenvalue weighted by Crippen LogP contribution is 2.23. The maximum Gasteiger partial charge on any atom is 0.141 e. The monoisotopic (exact) mass is 185 g/mol. The quantitative estimate of drug-likeness (QED) is 0.558. The van der Waals surface area contributed by atoms with Gasteiger partial charge in [0, 0.05) is 5.75 Å². The van der Waals surface area contributed by atoms with Crippen LogP contribution in [0.2, 0.25) is 0 Å². The maximum absolute atomic E-state index is 8.58. The molecule has 0 atom stereocenters. The molecule has 1 aromatic carbocycles. The Kier molecular flexibility index (Phi) is 3.25. The van der Waals surface area contributed by atoms with Crippen LogP contribution in [0.1, 0.15) is 5.56 Å². The summed E-state index contributed by atoms with van der Waals surface area (Å²) in [7, 11) is 1.58. The van der Waals surface area contributed by atoms with Crippen LogP contribution in [-0.2, 0) is 5.75 Å². The molecule has 0 saturated carbocycles. The van der Waals surface area contributed by atoms with Crippen molar-refractivity contribution in [2.24, 2.45) is 0 Å². The lowest BCUT2D eigenvalue weighted by Gasteiger charge is -2.05. The Balaban J connectivity index is 2.86. The van der Waals surface area contributed by atoms with Crippen LogP contribution in [0.25, 0.3) is 0 Å². The minimum absolute atomic E-state index is 0.550. The predicted octanol–water partition coefficient (Wildman–Crippen LogP) is 1.98. The molecule has 4 heteroatoms. The maximum atomic E-state index is 8.58. The van der Waals surface area contributed by atoms with Gasteiger partial charge in [0.15, 0.2) is 0 Å². The molecule has 0 aliphatic heterocycles. The third-order valence-corrected chi connectivity index (χ3v) is 1.99. The van der Waals surface area contributed by atoms with Crippen molar-refractivity contribution in [2.75, 3.05) is 12.8 Å². The summed E-state index contributed by atoms with van der Waals surface area (Å²) in [4.78, 5) is 0. The zero-order chi connectivity index (χ0) is 8.97. The van der Waals surface area contributed by atoms with Gasteiger partial charge in [-0.3, -0.25) is 0 Å². The van der Waals surface area contributed by atoms with Crippen molar-refractivity contribution in [3.8, 4) is 5.75 Å². The van der Waals surface area contributed by atoms with Crippen LogP contribution in [0.4, 0.5) is 5.69 Å². The molecule has 0 aliphatic carbocycles. The summed E-state index contributed by atoms with van der Waals surface area (Å²) in [6, 6.07) is 5.46. The molecule has 0 saturated heterocycles. The molecular formula is C8H11NO2S. The lowest BCUT2D eigenvalue weighted by Crippen LogP contribution is -1.93. The molecular weight excluding hydrogens is 174 g/mol. The van der Waals surface area contributed by atoms with Gasteiger partial charge in [-0.25, -0.2) is 0 Å². The van der Waals surface area contributed by atoms with E-state index in [9.17, 15) is 0 Å². The zero-order valence-corrected chi connectivity index (χ0v) is 7.60. The van der Waals surface area contributed by atoms with Crippen LogP contribution in [0, 0.1) is 0 Å². The van der Waals surface area contributed by atoms with Crippen molar-refractivity contribution in [1.29, 1.82) is 0 Å². The molecule has 1 rings (SSSR count). The first kappa shape index (κ1) is 9.22. The molecule has 66 valence electrons. The molecule has 12 heavy (non-hydrogen) atoms. The predicted molar refractivity (Wildman–Crippen MR) is 51.3 cm³/mol. The van der Waals surface area contributed by atoms with Gasteiger partial charge >= 0.3 is 0 Å². The summed E-state index contributed by atoms with van der Waals surface area (Å²) >= 11 is 0.781. The first-order valence-electron chi connectivity index (χ1n) is 3.46. The third kappa shape index (κ3) is 2.06. The summed E-state index contributed by atoms with van der Waals surface area (Å²) in [5, 5.41) is 0. The van der Waals surface area contributed by atoms with Gasteiger partial charge in [0.2, 0.25) is 0 Å². The number of nitrogen functional groups attached to an aromatic ring is 1. The topological polar surface area (TPSA) is 55.5 Å². The van der Waals surface area contributed by atoms with Gasteiger partial charge in [-0.1, -0.05) is 6.07 Å². The first-order chi connectivity index (χ1) is 5.77. The molecule has 0 fully saturated rings. The highest BCUT2D eigenvalue weighted by Gasteiger charge is 1.99. The Morgan fingerprint density at radius 2 is 2.33 bits per heavy atom. The third-order valence-electron chi connectivity index (χ3n) is 1.53. The van der Waals surface area contributed by atoms with Crippen LogP contribution >= 0.6 is 12.0 Å². The summed E-state index contributed by atoms with van der Waals surface area (Å²) in [6.07, 6.45) is 0. The number of benzene rings is 1. The second-order valence-corrected chi connectivity index (χ2v) is 2.90. The average molecular weight is 185 g/mol. The van der Waals surface area contributed by atoms with Gasteiger partial charge in [-0.2, -0.15) is 0 Å². The number of hydrogen-bond donors (Lipinski definition) is 2. The van der Waals surface area contributed by atoms with E-state index < -0.39 is 0 Å².